The van der Waals surface area contributed by atoms with Crippen molar-refractivity contribution < 1.29 is 0 Å². The van der Waals surface area contributed by atoms with Crippen LogP contribution >= 0.6 is 0 Å². The summed E-state index contributed by atoms with van der Waals surface area (Å²) in [6.45, 7) is 0. The Morgan fingerprint density at radius 1 is 0.611 bits per heavy atom. The first kappa shape index (κ1) is 10.6. The Hall–Kier alpha value is -2.55. The summed E-state index contributed by atoms with van der Waals surface area (Å²) in [4.78, 5) is 12.8. The van der Waals surface area contributed by atoms with Gasteiger partial charge in [0, 0.05) is 35.9 Å². The zero-order valence-electron chi connectivity index (χ0n) is 9.69. The van der Waals surface area contributed by atoms with E-state index in [4.69, 9.17) is 0 Å². The van der Waals surface area contributed by atoms with Crippen molar-refractivity contribution in [2.75, 3.05) is 0 Å². The molecule has 0 N–H and O–H groups in total. The Morgan fingerprint density at radius 3 is 1.94 bits per heavy atom. The summed E-state index contributed by atoms with van der Waals surface area (Å²) < 4.78 is 0. The van der Waals surface area contributed by atoms with Gasteiger partial charge in [0.05, 0.1) is 0 Å². The molecule has 2 aromatic heterocycles. The number of hydrogen-bond acceptors (Lipinski definition) is 3. The zero-order chi connectivity index (χ0) is 12.2. The smallest absolute Gasteiger partial charge is 0.159 e. The molecule has 0 unspecified atom stereocenters. The second-order valence-electron chi connectivity index (χ2n) is 3.90. The Morgan fingerprint density at radius 2 is 1.28 bits per heavy atom. The van der Waals surface area contributed by atoms with Gasteiger partial charge in [0.2, 0.25) is 0 Å². The molecule has 0 amide bonds. The van der Waals surface area contributed by atoms with E-state index in [0.29, 0.717) is 0 Å². The van der Waals surface area contributed by atoms with Crippen molar-refractivity contribution in [2.24, 2.45) is 0 Å². The number of hydrogen-bond donors (Lipinski definition) is 0. The van der Waals surface area contributed by atoms with Gasteiger partial charge in [-0.25, -0.2) is 9.97 Å². The van der Waals surface area contributed by atoms with Crippen LogP contribution in [-0.2, 0) is 0 Å². The van der Waals surface area contributed by atoms with Gasteiger partial charge >= 0.3 is 0 Å². The van der Waals surface area contributed by atoms with E-state index >= 15 is 0 Å². The summed E-state index contributed by atoms with van der Waals surface area (Å²) in [5.41, 5.74) is 3.12. The average molecular weight is 233 g/mol. The summed E-state index contributed by atoms with van der Waals surface area (Å²) in [5, 5.41) is 0. The highest BCUT2D eigenvalue weighted by atomic mass is 14.9. The molecule has 0 saturated carbocycles. The third-order valence-corrected chi connectivity index (χ3v) is 2.70. The number of rotatable bonds is 2. The molecule has 0 bridgehead atoms. The van der Waals surface area contributed by atoms with E-state index in [1.54, 1.807) is 12.4 Å². The Balaban J connectivity index is 1.95. The molecule has 0 aliphatic heterocycles. The second-order valence-corrected chi connectivity index (χ2v) is 3.90. The minimum absolute atomic E-state index is 0.720. The molecular weight excluding hydrogens is 222 g/mol. The summed E-state index contributed by atoms with van der Waals surface area (Å²) in [7, 11) is 0. The lowest BCUT2D eigenvalue weighted by atomic mass is 10.1. The topological polar surface area (TPSA) is 38.7 Å². The maximum Gasteiger partial charge on any atom is 0.159 e. The molecule has 0 fully saturated rings. The monoisotopic (exact) mass is 233 g/mol. The number of benzene rings is 1. The predicted molar refractivity (Wildman–Crippen MR) is 70.7 cm³/mol. The zero-order valence-corrected chi connectivity index (χ0v) is 9.69. The Labute approximate surface area is 105 Å². The fourth-order valence-electron chi connectivity index (χ4n) is 1.76. The molecule has 0 aliphatic rings. The molecule has 0 saturated heterocycles. The third kappa shape index (κ3) is 2.11. The predicted octanol–water partition coefficient (Wildman–Crippen LogP) is 3.21. The molecule has 1 aromatic carbocycles. The van der Waals surface area contributed by atoms with Crippen LogP contribution in [0, 0.1) is 0 Å². The van der Waals surface area contributed by atoms with Gasteiger partial charge in [0.1, 0.15) is 0 Å². The van der Waals surface area contributed by atoms with Crippen molar-refractivity contribution in [2.45, 2.75) is 0 Å². The molecule has 0 aliphatic carbocycles. The molecule has 0 atom stereocenters. The van der Waals surface area contributed by atoms with Gasteiger partial charge < -0.3 is 0 Å². The molecule has 3 heteroatoms. The summed E-state index contributed by atoms with van der Waals surface area (Å²) in [6.07, 6.45) is 7.17. The second kappa shape index (κ2) is 4.75. The first-order valence-electron chi connectivity index (χ1n) is 5.71. The van der Waals surface area contributed by atoms with E-state index in [1.165, 1.54) is 0 Å². The van der Waals surface area contributed by atoms with Crippen LogP contribution in [0.4, 0.5) is 0 Å². The maximum atomic E-state index is 4.39. The van der Waals surface area contributed by atoms with Gasteiger partial charge in [-0.15, -0.1) is 0 Å². The van der Waals surface area contributed by atoms with E-state index in [1.807, 2.05) is 54.9 Å². The highest BCUT2D eigenvalue weighted by Crippen LogP contribution is 2.19. The van der Waals surface area contributed by atoms with Crippen LogP contribution in [0.25, 0.3) is 22.5 Å². The van der Waals surface area contributed by atoms with Crippen molar-refractivity contribution in [3.63, 3.8) is 0 Å². The van der Waals surface area contributed by atoms with Crippen molar-refractivity contribution in [3.8, 4) is 22.5 Å². The number of aromatic nitrogens is 3. The van der Waals surface area contributed by atoms with Gasteiger partial charge in [-0.1, -0.05) is 30.3 Å². The molecule has 86 valence electrons. The van der Waals surface area contributed by atoms with Crippen molar-refractivity contribution in [3.05, 3.63) is 67.3 Å². The van der Waals surface area contributed by atoms with Gasteiger partial charge in [-0.2, -0.15) is 0 Å². The quantitative estimate of drug-likeness (QED) is 0.682. The lowest BCUT2D eigenvalue weighted by molar-refractivity contribution is 1.17. The molecule has 0 spiro atoms. The van der Waals surface area contributed by atoms with Crippen molar-refractivity contribution in [1.29, 1.82) is 0 Å². The fourth-order valence-corrected chi connectivity index (χ4v) is 1.76. The van der Waals surface area contributed by atoms with Crippen LogP contribution in [0.5, 0.6) is 0 Å². The van der Waals surface area contributed by atoms with E-state index in [9.17, 15) is 0 Å². The molecule has 3 aromatic rings. The maximum absolute atomic E-state index is 4.39. The van der Waals surface area contributed by atoms with Crippen LogP contribution in [-0.4, -0.2) is 15.0 Å². The van der Waals surface area contributed by atoms with Gasteiger partial charge in [-0.3, -0.25) is 4.98 Å². The minimum Gasteiger partial charge on any atom is -0.265 e. The Bertz CT molecular complexity index is 560. The molecule has 3 nitrogen and oxygen atoms in total. The summed E-state index contributed by atoms with van der Waals surface area (Å²) >= 11 is 0. The third-order valence-electron chi connectivity index (χ3n) is 2.70. The number of nitrogens with zero attached hydrogens (tertiary/aromatic N) is 3. The van der Waals surface area contributed by atoms with Crippen LogP contribution in [0.3, 0.4) is 0 Å². The van der Waals surface area contributed by atoms with Crippen molar-refractivity contribution >= 4 is 0 Å². The standard InChI is InChI=1S/C15H11N3/c1-2-4-12(5-3-1)14-10-17-15(18-11-14)13-6-8-16-9-7-13/h1-11H. The molecule has 3 rings (SSSR count). The van der Waals surface area contributed by atoms with Crippen molar-refractivity contribution in [1.82, 2.24) is 15.0 Å². The lowest BCUT2D eigenvalue weighted by Crippen LogP contribution is -1.89. The van der Waals surface area contributed by atoms with Gasteiger partial charge in [-0.05, 0) is 17.7 Å². The first-order valence-corrected chi connectivity index (χ1v) is 5.71. The highest BCUT2D eigenvalue weighted by molar-refractivity contribution is 5.63. The minimum atomic E-state index is 0.720. The van der Waals surface area contributed by atoms with E-state index in [2.05, 4.69) is 15.0 Å². The van der Waals surface area contributed by atoms with Crippen LogP contribution < -0.4 is 0 Å². The van der Waals surface area contributed by atoms with Crippen LogP contribution in [0.15, 0.2) is 67.3 Å². The number of pyridine rings is 1. The summed E-state index contributed by atoms with van der Waals surface area (Å²) in [6, 6.07) is 13.9. The van der Waals surface area contributed by atoms with Crippen LogP contribution in [0.1, 0.15) is 0 Å². The fraction of sp³-hybridized carbons (Fsp3) is 0. The molecular formula is C15H11N3. The van der Waals surface area contributed by atoms with E-state index < -0.39 is 0 Å². The average Bonchev–Trinajstić information content (AvgIpc) is 2.49. The Kier molecular flexibility index (Phi) is 2.80. The van der Waals surface area contributed by atoms with Crippen LogP contribution in [0.2, 0.25) is 0 Å². The normalized spacial score (nSPS) is 10.2. The van der Waals surface area contributed by atoms with Gasteiger partial charge in [0.15, 0.2) is 5.82 Å². The van der Waals surface area contributed by atoms with Gasteiger partial charge in [0.25, 0.3) is 0 Å². The largest absolute Gasteiger partial charge is 0.265 e. The SMILES string of the molecule is c1ccc(-c2cnc(-c3ccncc3)nc2)cc1. The van der Waals surface area contributed by atoms with E-state index in [-0.39, 0.29) is 0 Å². The molecule has 18 heavy (non-hydrogen) atoms. The van der Waals surface area contributed by atoms with E-state index in [0.717, 1.165) is 22.5 Å². The molecule has 2 heterocycles. The highest BCUT2D eigenvalue weighted by Gasteiger charge is 2.01. The lowest BCUT2D eigenvalue weighted by Gasteiger charge is -2.02. The molecule has 0 radical (unpaired) electrons. The first-order chi connectivity index (χ1) is 8.93. The summed E-state index contributed by atoms with van der Waals surface area (Å²) in [5.74, 6) is 0.720.